The van der Waals surface area contributed by atoms with Gasteiger partial charge in [0.15, 0.2) is 10.9 Å². The zero-order chi connectivity index (χ0) is 17.4. The van der Waals surface area contributed by atoms with Crippen molar-refractivity contribution in [3.05, 3.63) is 63.2 Å². The number of hydrogen-bond acceptors (Lipinski definition) is 6. The van der Waals surface area contributed by atoms with Gasteiger partial charge in [-0.05, 0) is 23.6 Å². The number of oxazole rings is 1. The lowest BCUT2D eigenvalue weighted by Gasteiger charge is -2.05. The number of aromatic nitrogens is 3. The summed E-state index contributed by atoms with van der Waals surface area (Å²) in [5.74, 6) is 1.71. The highest BCUT2D eigenvalue weighted by Gasteiger charge is 2.12. The quantitative estimate of drug-likeness (QED) is 0.377. The first kappa shape index (κ1) is 16.4. The summed E-state index contributed by atoms with van der Waals surface area (Å²) in [6.07, 6.45) is 1.68. The number of thiophene rings is 1. The average molecular weight is 390 g/mol. The third-order valence-corrected chi connectivity index (χ3v) is 5.71. The van der Waals surface area contributed by atoms with Crippen LogP contribution in [0.1, 0.15) is 5.89 Å². The van der Waals surface area contributed by atoms with Crippen LogP contribution >= 0.6 is 34.7 Å². The molecule has 8 heteroatoms. The van der Waals surface area contributed by atoms with Gasteiger partial charge >= 0.3 is 0 Å². The predicted molar refractivity (Wildman–Crippen MR) is 101 cm³/mol. The molecule has 0 radical (unpaired) electrons. The highest BCUT2D eigenvalue weighted by molar-refractivity contribution is 7.98. The van der Waals surface area contributed by atoms with E-state index < -0.39 is 0 Å². The van der Waals surface area contributed by atoms with Gasteiger partial charge in [-0.2, -0.15) is 0 Å². The van der Waals surface area contributed by atoms with Gasteiger partial charge in [-0.15, -0.1) is 11.3 Å². The standard InChI is InChI=1S/C17H12ClN3O2S2/c1-21-16(22)12-5-6-24-15(12)20-17(21)25-9-14-19-8-13(23-14)10-3-2-4-11(18)7-10/h2-8H,9H2,1H3. The molecule has 5 nitrogen and oxygen atoms in total. The van der Waals surface area contributed by atoms with Crippen LogP contribution in [0.5, 0.6) is 0 Å². The molecule has 3 heterocycles. The van der Waals surface area contributed by atoms with E-state index in [9.17, 15) is 4.79 Å². The van der Waals surface area contributed by atoms with Crippen molar-refractivity contribution in [1.82, 2.24) is 14.5 Å². The lowest BCUT2D eigenvalue weighted by Crippen LogP contribution is -2.19. The Balaban J connectivity index is 1.56. The third kappa shape index (κ3) is 3.22. The Morgan fingerprint density at radius 3 is 3.08 bits per heavy atom. The van der Waals surface area contributed by atoms with Crippen molar-refractivity contribution in [3.63, 3.8) is 0 Å². The summed E-state index contributed by atoms with van der Waals surface area (Å²) < 4.78 is 7.34. The molecule has 3 aromatic heterocycles. The molecule has 0 saturated heterocycles. The first-order chi connectivity index (χ1) is 12.1. The van der Waals surface area contributed by atoms with Crippen LogP contribution in [0.15, 0.2) is 56.3 Å². The first-order valence-electron chi connectivity index (χ1n) is 7.39. The minimum atomic E-state index is -0.0410. The minimum Gasteiger partial charge on any atom is -0.440 e. The fraction of sp³-hybridized carbons (Fsp3) is 0.118. The van der Waals surface area contributed by atoms with E-state index in [-0.39, 0.29) is 5.56 Å². The molecule has 0 bridgehead atoms. The molecule has 0 N–H and O–H groups in total. The van der Waals surface area contributed by atoms with E-state index >= 15 is 0 Å². The fourth-order valence-electron chi connectivity index (χ4n) is 2.39. The normalized spacial score (nSPS) is 11.3. The van der Waals surface area contributed by atoms with Gasteiger partial charge in [-0.3, -0.25) is 9.36 Å². The van der Waals surface area contributed by atoms with Gasteiger partial charge < -0.3 is 4.42 Å². The molecule has 1 aromatic carbocycles. The Morgan fingerprint density at radius 2 is 2.24 bits per heavy atom. The van der Waals surface area contributed by atoms with Gasteiger partial charge in [-0.1, -0.05) is 35.5 Å². The Morgan fingerprint density at radius 1 is 1.36 bits per heavy atom. The first-order valence-corrected chi connectivity index (χ1v) is 9.64. The van der Waals surface area contributed by atoms with E-state index in [1.165, 1.54) is 23.1 Å². The number of halogens is 1. The Bertz CT molecular complexity index is 1120. The van der Waals surface area contributed by atoms with E-state index in [2.05, 4.69) is 9.97 Å². The molecule has 0 amide bonds. The van der Waals surface area contributed by atoms with Crippen LogP contribution in [0.4, 0.5) is 0 Å². The molecular formula is C17H12ClN3O2S2. The van der Waals surface area contributed by atoms with Crippen LogP contribution in [-0.4, -0.2) is 14.5 Å². The van der Waals surface area contributed by atoms with Crippen molar-refractivity contribution in [1.29, 1.82) is 0 Å². The summed E-state index contributed by atoms with van der Waals surface area (Å²) in [6, 6.07) is 9.22. The summed E-state index contributed by atoms with van der Waals surface area (Å²) in [7, 11) is 1.72. The van der Waals surface area contributed by atoms with E-state index in [0.717, 1.165) is 10.4 Å². The van der Waals surface area contributed by atoms with Crippen LogP contribution in [0.2, 0.25) is 5.02 Å². The van der Waals surface area contributed by atoms with Gasteiger partial charge in [0, 0.05) is 17.6 Å². The predicted octanol–water partition coefficient (Wildman–Crippen LogP) is 4.60. The summed E-state index contributed by atoms with van der Waals surface area (Å²) in [6.45, 7) is 0. The van der Waals surface area contributed by atoms with Crippen LogP contribution in [0.3, 0.4) is 0 Å². The highest BCUT2D eigenvalue weighted by atomic mass is 35.5. The molecule has 4 rings (SSSR count). The maximum Gasteiger partial charge on any atom is 0.262 e. The molecule has 4 aromatic rings. The van der Waals surface area contributed by atoms with Crippen molar-refractivity contribution in [2.45, 2.75) is 10.9 Å². The highest BCUT2D eigenvalue weighted by Crippen LogP contribution is 2.27. The van der Waals surface area contributed by atoms with Crippen LogP contribution < -0.4 is 5.56 Å². The van der Waals surface area contributed by atoms with Gasteiger partial charge in [0.25, 0.3) is 5.56 Å². The second-order valence-electron chi connectivity index (χ2n) is 5.32. The molecule has 25 heavy (non-hydrogen) atoms. The Labute approximate surface area is 156 Å². The van der Waals surface area contributed by atoms with Gasteiger partial charge in [-0.25, -0.2) is 9.97 Å². The van der Waals surface area contributed by atoms with Crippen LogP contribution in [0.25, 0.3) is 21.5 Å². The van der Waals surface area contributed by atoms with Crippen molar-refractivity contribution in [3.8, 4) is 11.3 Å². The average Bonchev–Trinajstić information content (AvgIpc) is 3.26. The Kier molecular flexibility index (Phi) is 4.37. The monoisotopic (exact) mass is 389 g/mol. The van der Waals surface area contributed by atoms with E-state index in [4.69, 9.17) is 16.0 Å². The molecule has 0 saturated carbocycles. The zero-order valence-electron chi connectivity index (χ0n) is 13.1. The molecule has 126 valence electrons. The summed E-state index contributed by atoms with van der Waals surface area (Å²) in [4.78, 5) is 21.9. The second-order valence-corrected chi connectivity index (χ2v) is 7.59. The van der Waals surface area contributed by atoms with Gasteiger partial charge in [0.05, 0.1) is 17.3 Å². The van der Waals surface area contributed by atoms with E-state index in [0.29, 0.717) is 33.0 Å². The van der Waals surface area contributed by atoms with E-state index in [1.54, 1.807) is 23.9 Å². The Hall–Kier alpha value is -2.09. The third-order valence-electron chi connectivity index (χ3n) is 3.65. The summed E-state index contributed by atoms with van der Waals surface area (Å²) in [5.41, 5.74) is 0.836. The number of nitrogens with zero attached hydrogens (tertiary/aromatic N) is 3. The van der Waals surface area contributed by atoms with Crippen molar-refractivity contribution in [2.75, 3.05) is 0 Å². The largest absolute Gasteiger partial charge is 0.440 e. The van der Waals surface area contributed by atoms with Crippen LogP contribution in [-0.2, 0) is 12.8 Å². The molecule has 0 atom stereocenters. The van der Waals surface area contributed by atoms with E-state index in [1.807, 2.05) is 29.6 Å². The molecule has 0 spiro atoms. The number of fused-ring (bicyclic) bond motifs is 1. The number of rotatable bonds is 4. The van der Waals surface area contributed by atoms with Gasteiger partial charge in [0.2, 0.25) is 5.89 Å². The SMILES string of the molecule is Cn1c(SCc2ncc(-c3cccc(Cl)c3)o2)nc2sccc2c1=O. The fourth-order valence-corrected chi connectivity index (χ4v) is 4.21. The molecule has 0 aliphatic carbocycles. The lowest BCUT2D eigenvalue weighted by molar-refractivity contribution is 0.529. The number of benzene rings is 1. The molecule has 0 aliphatic heterocycles. The lowest BCUT2D eigenvalue weighted by atomic mass is 10.2. The summed E-state index contributed by atoms with van der Waals surface area (Å²) >= 11 is 8.89. The second kappa shape index (κ2) is 6.67. The molecular weight excluding hydrogens is 378 g/mol. The molecule has 0 fully saturated rings. The van der Waals surface area contributed by atoms with Crippen molar-refractivity contribution in [2.24, 2.45) is 7.05 Å². The smallest absolute Gasteiger partial charge is 0.262 e. The number of thioether (sulfide) groups is 1. The maximum atomic E-state index is 12.3. The van der Waals surface area contributed by atoms with Crippen molar-refractivity contribution < 1.29 is 4.42 Å². The number of hydrogen-bond donors (Lipinski definition) is 0. The molecule has 0 aliphatic rings. The van der Waals surface area contributed by atoms with Crippen LogP contribution in [0, 0.1) is 0 Å². The maximum absolute atomic E-state index is 12.3. The topological polar surface area (TPSA) is 60.9 Å². The summed E-state index contributed by atoms with van der Waals surface area (Å²) in [5, 5.41) is 3.81. The minimum absolute atomic E-state index is 0.0410. The van der Waals surface area contributed by atoms with Gasteiger partial charge in [0.1, 0.15) is 4.83 Å². The zero-order valence-corrected chi connectivity index (χ0v) is 15.5. The van der Waals surface area contributed by atoms with Crippen molar-refractivity contribution >= 4 is 44.9 Å². The molecule has 0 unspecified atom stereocenters.